The van der Waals surface area contributed by atoms with Crippen LogP contribution in [0.2, 0.25) is 0 Å². The minimum Gasteiger partial charge on any atom is -0.486 e. The SMILES string of the molecule is CC(N)CCNc1cc2c(cc1[N+](=O)[O-])OCCO2. The fourth-order valence-corrected chi connectivity index (χ4v) is 1.81. The molecular weight excluding hydrogens is 250 g/mol. The van der Waals surface area contributed by atoms with Crippen molar-refractivity contribution in [3.05, 3.63) is 22.2 Å². The lowest BCUT2D eigenvalue weighted by Gasteiger charge is -2.19. The summed E-state index contributed by atoms with van der Waals surface area (Å²) in [6.07, 6.45) is 0.728. The number of hydrogen-bond acceptors (Lipinski definition) is 6. The van der Waals surface area contributed by atoms with Crippen LogP contribution < -0.4 is 20.5 Å². The standard InChI is InChI=1S/C12H17N3O4/c1-8(13)2-3-14-9-6-11-12(19-5-4-18-11)7-10(9)15(16)17/h6-8,14H,2-5,13H2,1H3. The van der Waals surface area contributed by atoms with Gasteiger partial charge >= 0.3 is 0 Å². The minimum atomic E-state index is -0.438. The van der Waals surface area contributed by atoms with Gasteiger partial charge in [0.25, 0.3) is 5.69 Å². The zero-order valence-electron chi connectivity index (χ0n) is 10.7. The molecule has 1 aromatic rings. The molecule has 0 amide bonds. The van der Waals surface area contributed by atoms with E-state index in [0.29, 0.717) is 36.9 Å². The molecule has 1 unspecified atom stereocenters. The molecule has 1 atom stereocenters. The molecule has 3 N–H and O–H groups in total. The first-order chi connectivity index (χ1) is 9.08. The van der Waals surface area contributed by atoms with Gasteiger partial charge in [0, 0.05) is 18.7 Å². The van der Waals surface area contributed by atoms with E-state index in [1.54, 1.807) is 6.07 Å². The number of rotatable bonds is 5. The Balaban J connectivity index is 2.21. The van der Waals surface area contributed by atoms with E-state index in [-0.39, 0.29) is 11.7 Å². The third-order valence-corrected chi connectivity index (χ3v) is 2.77. The monoisotopic (exact) mass is 267 g/mol. The Kier molecular flexibility index (Phi) is 4.06. The third kappa shape index (κ3) is 3.25. The van der Waals surface area contributed by atoms with Crippen molar-refractivity contribution in [2.24, 2.45) is 5.73 Å². The molecule has 0 spiro atoms. The van der Waals surface area contributed by atoms with Gasteiger partial charge in [0.05, 0.1) is 11.0 Å². The van der Waals surface area contributed by atoms with E-state index < -0.39 is 4.92 Å². The number of nitro groups is 1. The van der Waals surface area contributed by atoms with E-state index in [9.17, 15) is 10.1 Å². The Morgan fingerprint density at radius 3 is 2.63 bits per heavy atom. The number of nitrogens with zero attached hydrogens (tertiary/aromatic N) is 1. The Morgan fingerprint density at radius 2 is 2.05 bits per heavy atom. The number of anilines is 1. The zero-order chi connectivity index (χ0) is 13.8. The molecule has 2 rings (SSSR count). The lowest BCUT2D eigenvalue weighted by molar-refractivity contribution is -0.384. The molecule has 0 aromatic heterocycles. The maximum atomic E-state index is 11.0. The molecule has 1 aliphatic rings. The molecule has 7 heteroatoms. The van der Waals surface area contributed by atoms with Crippen LogP contribution in [0.1, 0.15) is 13.3 Å². The normalized spacial score (nSPS) is 14.8. The number of nitrogens with one attached hydrogen (secondary N) is 1. The topological polar surface area (TPSA) is 99.7 Å². The smallest absolute Gasteiger partial charge is 0.296 e. The Hall–Kier alpha value is -2.02. The summed E-state index contributed by atoms with van der Waals surface area (Å²) in [4.78, 5) is 10.6. The van der Waals surface area contributed by atoms with Gasteiger partial charge in [-0.2, -0.15) is 0 Å². The third-order valence-electron chi connectivity index (χ3n) is 2.77. The summed E-state index contributed by atoms with van der Waals surface area (Å²) in [5.41, 5.74) is 6.05. The number of hydrogen-bond donors (Lipinski definition) is 2. The molecule has 0 saturated heterocycles. The number of ether oxygens (including phenoxy) is 2. The van der Waals surface area contributed by atoms with Crippen molar-refractivity contribution >= 4 is 11.4 Å². The molecule has 1 aliphatic heterocycles. The number of nitro benzene ring substituents is 1. The van der Waals surface area contributed by atoms with Crippen LogP contribution in [-0.2, 0) is 0 Å². The fourth-order valence-electron chi connectivity index (χ4n) is 1.81. The zero-order valence-corrected chi connectivity index (χ0v) is 10.7. The summed E-state index contributed by atoms with van der Waals surface area (Å²) in [5, 5.41) is 14.1. The molecule has 0 fully saturated rings. The molecule has 0 saturated carbocycles. The van der Waals surface area contributed by atoms with Crippen LogP contribution in [0.15, 0.2) is 12.1 Å². The van der Waals surface area contributed by atoms with Gasteiger partial charge in [-0.1, -0.05) is 0 Å². The van der Waals surface area contributed by atoms with Crippen molar-refractivity contribution in [3.63, 3.8) is 0 Å². The highest BCUT2D eigenvalue weighted by atomic mass is 16.6. The largest absolute Gasteiger partial charge is 0.486 e. The highest BCUT2D eigenvalue weighted by molar-refractivity contribution is 5.68. The fraction of sp³-hybridized carbons (Fsp3) is 0.500. The van der Waals surface area contributed by atoms with Gasteiger partial charge in [0.15, 0.2) is 11.5 Å². The highest BCUT2D eigenvalue weighted by Gasteiger charge is 2.22. The average Bonchev–Trinajstić information content (AvgIpc) is 2.37. The van der Waals surface area contributed by atoms with Crippen LogP contribution in [-0.4, -0.2) is 30.7 Å². The lowest BCUT2D eigenvalue weighted by Crippen LogP contribution is -2.20. The first-order valence-electron chi connectivity index (χ1n) is 6.15. The van der Waals surface area contributed by atoms with E-state index in [0.717, 1.165) is 6.42 Å². The Bertz CT molecular complexity index is 476. The number of benzene rings is 1. The van der Waals surface area contributed by atoms with Gasteiger partial charge < -0.3 is 20.5 Å². The van der Waals surface area contributed by atoms with Crippen molar-refractivity contribution in [2.45, 2.75) is 19.4 Å². The Morgan fingerprint density at radius 1 is 1.42 bits per heavy atom. The summed E-state index contributed by atoms with van der Waals surface area (Å²) in [6.45, 7) is 3.31. The Labute approximate surface area is 110 Å². The molecule has 1 aromatic carbocycles. The number of fused-ring (bicyclic) bond motifs is 1. The van der Waals surface area contributed by atoms with Gasteiger partial charge in [-0.15, -0.1) is 0 Å². The van der Waals surface area contributed by atoms with Crippen molar-refractivity contribution < 1.29 is 14.4 Å². The predicted octanol–water partition coefficient (Wildman–Crippen LogP) is 1.52. The lowest BCUT2D eigenvalue weighted by atomic mass is 10.2. The van der Waals surface area contributed by atoms with Crippen LogP contribution in [0.4, 0.5) is 11.4 Å². The summed E-state index contributed by atoms with van der Waals surface area (Å²) in [7, 11) is 0. The van der Waals surface area contributed by atoms with Gasteiger partial charge in [0.2, 0.25) is 0 Å². The average molecular weight is 267 g/mol. The van der Waals surface area contributed by atoms with Gasteiger partial charge in [0.1, 0.15) is 18.9 Å². The maximum absolute atomic E-state index is 11.0. The van der Waals surface area contributed by atoms with Crippen LogP contribution in [0, 0.1) is 10.1 Å². The molecule has 7 nitrogen and oxygen atoms in total. The second-order valence-electron chi connectivity index (χ2n) is 4.46. The van der Waals surface area contributed by atoms with Crippen LogP contribution >= 0.6 is 0 Å². The summed E-state index contributed by atoms with van der Waals surface area (Å²) >= 11 is 0. The summed E-state index contributed by atoms with van der Waals surface area (Å²) < 4.78 is 10.7. The molecule has 0 aliphatic carbocycles. The number of nitrogens with two attached hydrogens (primary N) is 1. The maximum Gasteiger partial charge on any atom is 0.296 e. The van der Waals surface area contributed by atoms with E-state index in [2.05, 4.69) is 5.32 Å². The second kappa shape index (κ2) is 5.75. The first kappa shape index (κ1) is 13.4. The predicted molar refractivity (Wildman–Crippen MR) is 70.8 cm³/mol. The van der Waals surface area contributed by atoms with Crippen LogP contribution in [0.3, 0.4) is 0 Å². The van der Waals surface area contributed by atoms with Crippen LogP contribution in [0.5, 0.6) is 11.5 Å². The van der Waals surface area contributed by atoms with E-state index in [1.807, 2.05) is 6.92 Å². The van der Waals surface area contributed by atoms with Crippen LogP contribution in [0.25, 0.3) is 0 Å². The van der Waals surface area contributed by atoms with Crippen molar-refractivity contribution in [3.8, 4) is 11.5 Å². The molecule has 0 bridgehead atoms. The van der Waals surface area contributed by atoms with E-state index in [4.69, 9.17) is 15.2 Å². The van der Waals surface area contributed by atoms with Crippen molar-refractivity contribution in [1.82, 2.24) is 0 Å². The second-order valence-corrected chi connectivity index (χ2v) is 4.46. The minimum absolute atomic E-state index is 0.0195. The van der Waals surface area contributed by atoms with Gasteiger partial charge in [-0.3, -0.25) is 10.1 Å². The molecule has 19 heavy (non-hydrogen) atoms. The first-order valence-corrected chi connectivity index (χ1v) is 6.15. The van der Waals surface area contributed by atoms with Crippen molar-refractivity contribution in [2.75, 3.05) is 25.1 Å². The van der Waals surface area contributed by atoms with Crippen molar-refractivity contribution in [1.29, 1.82) is 0 Å². The van der Waals surface area contributed by atoms with Gasteiger partial charge in [-0.05, 0) is 13.3 Å². The molecular formula is C12H17N3O4. The quantitative estimate of drug-likeness (QED) is 0.619. The summed E-state index contributed by atoms with van der Waals surface area (Å²) in [6, 6.07) is 3.04. The van der Waals surface area contributed by atoms with Gasteiger partial charge in [-0.25, -0.2) is 0 Å². The summed E-state index contributed by atoms with van der Waals surface area (Å²) in [5.74, 6) is 0.941. The van der Waals surface area contributed by atoms with E-state index >= 15 is 0 Å². The van der Waals surface area contributed by atoms with E-state index in [1.165, 1.54) is 6.07 Å². The molecule has 0 radical (unpaired) electrons. The highest BCUT2D eigenvalue weighted by Crippen LogP contribution is 2.39. The molecule has 1 heterocycles. The molecule has 104 valence electrons.